The predicted molar refractivity (Wildman–Crippen MR) is 68.1 cm³/mol. The van der Waals surface area contributed by atoms with Crippen LogP contribution in [0.15, 0.2) is 42.9 Å². The van der Waals surface area contributed by atoms with Gasteiger partial charge >= 0.3 is 0 Å². The van der Waals surface area contributed by atoms with Gasteiger partial charge in [0.15, 0.2) is 5.65 Å². The van der Waals surface area contributed by atoms with Crippen molar-refractivity contribution < 1.29 is 0 Å². The van der Waals surface area contributed by atoms with Gasteiger partial charge in [0.25, 0.3) is 0 Å². The van der Waals surface area contributed by atoms with E-state index < -0.39 is 0 Å². The fourth-order valence-corrected chi connectivity index (χ4v) is 1.89. The number of aromatic nitrogens is 3. The summed E-state index contributed by atoms with van der Waals surface area (Å²) in [5, 5.41) is 13.7. The Balaban J connectivity index is 2.19. The largest absolute Gasteiger partial charge is 0.235 e. The molecular weight excluding hydrogens is 248 g/mol. The highest BCUT2D eigenvalue weighted by molar-refractivity contribution is 6.30. The third kappa shape index (κ3) is 1.71. The Hall–Kier alpha value is -2.38. The average Bonchev–Trinajstić information content (AvgIpc) is 2.82. The molecule has 18 heavy (non-hydrogen) atoms. The Labute approximate surface area is 108 Å². The molecule has 0 aliphatic rings. The summed E-state index contributed by atoms with van der Waals surface area (Å²) in [6, 6.07) is 9.51. The molecule has 0 spiro atoms. The number of nitrogens with zero attached hydrogens (tertiary/aromatic N) is 4. The average molecular weight is 255 g/mol. The molecule has 86 valence electrons. The summed E-state index contributed by atoms with van der Waals surface area (Å²) in [4.78, 5) is 4.26. The molecule has 0 fully saturated rings. The number of rotatable bonds is 1. The minimum absolute atomic E-state index is 0.480. The van der Waals surface area contributed by atoms with Crippen LogP contribution in [-0.4, -0.2) is 14.6 Å². The SMILES string of the molecule is N#Cc1cnc2c(-c3ccc(Cl)cc3)cnn2c1. The van der Waals surface area contributed by atoms with Crippen LogP contribution in [0.2, 0.25) is 5.02 Å². The molecule has 0 bridgehead atoms. The smallest absolute Gasteiger partial charge is 0.162 e. The number of benzene rings is 1. The summed E-state index contributed by atoms with van der Waals surface area (Å²) in [5.41, 5.74) is 3.10. The van der Waals surface area contributed by atoms with Gasteiger partial charge in [-0.1, -0.05) is 23.7 Å². The Morgan fingerprint density at radius 2 is 1.94 bits per heavy atom. The van der Waals surface area contributed by atoms with E-state index in [4.69, 9.17) is 16.9 Å². The van der Waals surface area contributed by atoms with Gasteiger partial charge < -0.3 is 0 Å². The molecule has 0 amide bonds. The minimum atomic E-state index is 0.480. The van der Waals surface area contributed by atoms with Crippen molar-refractivity contribution in [2.24, 2.45) is 0 Å². The third-order valence-electron chi connectivity index (χ3n) is 2.64. The molecular formula is C13H7ClN4. The van der Waals surface area contributed by atoms with Crippen LogP contribution in [0.3, 0.4) is 0 Å². The van der Waals surface area contributed by atoms with E-state index in [0.717, 1.165) is 16.8 Å². The number of nitriles is 1. The molecule has 2 heterocycles. The Kier molecular flexibility index (Phi) is 2.47. The van der Waals surface area contributed by atoms with Crippen molar-refractivity contribution in [1.82, 2.24) is 14.6 Å². The van der Waals surface area contributed by atoms with Gasteiger partial charge in [-0.3, -0.25) is 0 Å². The lowest BCUT2D eigenvalue weighted by Gasteiger charge is -1.99. The van der Waals surface area contributed by atoms with Crippen LogP contribution in [0.5, 0.6) is 0 Å². The number of fused-ring (bicyclic) bond motifs is 1. The fraction of sp³-hybridized carbons (Fsp3) is 0. The number of halogens is 1. The summed E-state index contributed by atoms with van der Waals surface area (Å²) >= 11 is 5.86. The molecule has 0 saturated carbocycles. The lowest BCUT2D eigenvalue weighted by atomic mass is 10.1. The van der Waals surface area contributed by atoms with Crippen molar-refractivity contribution in [3.63, 3.8) is 0 Å². The molecule has 4 nitrogen and oxygen atoms in total. The fourth-order valence-electron chi connectivity index (χ4n) is 1.77. The second-order valence-electron chi connectivity index (χ2n) is 3.79. The standard InChI is InChI=1S/C13H7ClN4/c14-11-3-1-10(2-4-11)12-7-17-18-8-9(5-15)6-16-13(12)18/h1-4,6-8H. The minimum Gasteiger partial charge on any atom is -0.235 e. The highest BCUT2D eigenvalue weighted by Crippen LogP contribution is 2.24. The molecule has 0 radical (unpaired) electrons. The summed E-state index contributed by atoms with van der Waals surface area (Å²) in [6.07, 6.45) is 4.92. The summed E-state index contributed by atoms with van der Waals surface area (Å²) in [5.74, 6) is 0. The van der Waals surface area contributed by atoms with E-state index in [1.165, 1.54) is 6.20 Å². The topological polar surface area (TPSA) is 54.0 Å². The van der Waals surface area contributed by atoms with Gasteiger partial charge in [-0.25, -0.2) is 9.50 Å². The Bertz CT molecular complexity index is 753. The first-order valence-electron chi connectivity index (χ1n) is 5.27. The molecule has 1 aromatic carbocycles. The maximum Gasteiger partial charge on any atom is 0.162 e. The molecule has 3 aromatic rings. The van der Waals surface area contributed by atoms with Crippen LogP contribution >= 0.6 is 11.6 Å². The predicted octanol–water partition coefficient (Wildman–Crippen LogP) is 2.92. The Morgan fingerprint density at radius 3 is 2.67 bits per heavy atom. The van der Waals surface area contributed by atoms with E-state index in [-0.39, 0.29) is 0 Å². The maximum absolute atomic E-state index is 8.81. The second-order valence-corrected chi connectivity index (χ2v) is 4.22. The molecule has 2 aromatic heterocycles. The van der Waals surface area contributed by atoms with Crippen LogP contribution in [0.4, 0.5) is 0 Å². The van der Waals surface area contributed by atoms with Crippen LogP contribution < -0.4 is 0 Å². The van der Waals surface area contributed by atoms with Crippen molar-refractivity contribution in [3.8, 4) is 17.2 Å². The zero-order valence-corrected chi connectivity index (χ0v) is 9.96. The first-order chi connectivity index (χ1) is 8.78. The highest BCUT2D eigenvalue weighted by Gasteiger charge is 2.08. The van der Waals surface area contributed by atoms with Gasteiger partial charge in [-0.15, -0.1) is 0 Å². The van der Waals surface area contributed by atoms with Crippen molar-refractivity contribution in [3.05, 3.63) is 53.4 Å². The van der Waals surface area contributed by atoms with Crippen molar-refractivity contribution in [2.45, 2.75) is 0 Å². The molecule has 0 N–H and O–H groups in total. The molecule has 5 heteroatoms. The molecule has 0 aliphatic heterocycles. The first kappa shape index (κ1) is 10.8. The van der Waals surface area contributed by atoms with Gasteiger partial charge in [0.2, 0.25) is 0 Å². The lowest BCUT2D eigenvalue weighted by Crippen LogP contribution is -1.91. The molecule has 0 unspecified atom stereocenters. The molecule has 0 atom stereocenters. The van der Waals surface area contributed by atoms with Crippen molar-refractivity contribution in [1.29, 1.82) is 5.26 Å². The van der Waals surface area contributed by atoms with Gasteiger partial charge in [-0.05, 0) is 17.7 Å². The summed E-state index contributed by atoms with van der Waals surface area (Å²) in [6.45, 7) is 0. The normalized spacial score (nSPS) is 10.4. The van der Waals surface area contributed by atoms with Gasteiger partial charge in [0.1, 0.15) is 6.07 Å². The van der Waals surface area contributed by atoms with Crippen molar-refractivity contribution in [2.75, 3.05) is 0 Å². The van der Waals surface area contributed by atoms with Crippen molar-refractivity contribution >= 4 is 17.2 Å². The van der Waals surface area contributed by atoms with E-state index in [0.29, 0.717) is 10.6 Å². The summed E-state index contributed by atoms with van der Waals surface area (Å²) < 4.78 is 1.60. The molecule has 3 rings (SSSR count). The number of hydrogen-bond acceptors (Lipinski definition) is 3. The third-order valence-corrected chi connectivity index (χ3v) is 2.89. The van der Waals surface area contributed by atoms with E-state index >= 15 is 0 Å². The van der Waals surface area contributed by atoms with Crippen LogP contribution in [0.1, 0.15) is 5.56 Å². The van der Waals surface area contributed by atoms with E-state index in [2.05, 4.69) is 10.1 Å². The van der Waals surface area contributed by atoms with E-state index in [1.54, 1.807) is 16.9 Å². The van der Waals surface area contributed by atoms with E-state index in [9.17, 15) is 0 Å². The molecule has 0 saturated heterocycles. The van der Waals surface area contributed by atoms with Gasteiger partial charge in [0.05, 0.1) is 18.0 Å². The Morgan fingerprint density at radius 1 is 1.17 bits per heavy atom. The highest BCUT2D eigenvalue weighted by atomic mass is 35.5. The second kappa shape index (κ2) is 4.13. The monoisotopic (exact) mass is 254 g/mol. The quantitative estimate of drug-likeness (QED) is 0.671. The lowest BCUT2D eigenvalue weighted by molar-refractivity contribution is 0.935. The van der Waals surface area contributed by atoms with Gasteiger partial charge in [0, 0.05) is 16.8 Å². The summed E-state index contributed by atoms with van der Waals surface area (Å²) in [7, 11) is 0. The van der Waals surface area contributed by atoms with Crippen LogP contribution in [0.25, 0.3) is 16.8 Å². The maximum atomic E-state index is 8.81. The van der Waals surface area contributed by atoms with Crippen LogP contribution in [0, 0.1) is 11.3 Å². The van der Waals surface area contributed by atoms with Crippen LogP contribution in [-0.2, 0) is 0 Å². The van der Waals surface area contributed by atoms with E-state index in [1.807, 2.05) is 30.3 Å². The molecule has 0 aliphatic carbocycles. The van der Waals surface area contributed by atoms with Gasteiger partial charge in [-0.2, -0.15) is 10.4 Å². The number of hydrogen-bond donors (Lipinski definition) is 0. The zero-order chi connectivity index (χ0) is 12.5. The first-order valence-corrected chi connectivity index (χ1v) is 5.65. The zero-order valence-electron chi connectivity index (χ0n) is 9.21.